The molecule has 0 bridgehead atoms. The van der Waals surface area contributed by atoms with Gasteiger partial charge in [-0.25, -0.2) is 18.9 Å². The maximum atomic E-state index is 14.1. The first-order valence-electron chi connectivity index (χ1n) is 35.3. The summed E-state index contributed by atoms with van der Waals surface area (Å²) in [5, 5.41) is 149. The molecule has 0 spiro atoms. The van der Waals surface area contributed by atoms with Crippen molar-refractivity contribution in [3.8, 4) is 0 Å². The molecule has 0 aromatic rings. The Labute approximate surface area is 628 Å². The normalized spacial score (nSPS) is 35.6. The van der Waals surface area contributed by atoms with Gasteiger partial charge in [0.05, 0.1) is 32.5 Å². The summed E-state index contributed by atoms with van der Waals surface area (Å²) in [6, 6.07) is -4.03. The summed E-state index contributed by atoms with van der Waals surface area (Å²) in [4.78, 5) is 101. The van der Waals surface area contributed by atoms with Gasteiger partial charge in [0, 0.05) is 26.7 Å². The van der Waals surface area contributed by atoms with Crippen molar-refractivity contribution in [2.75, 3.05) is 26.4 Å². The first-order valence-corrected chi connectivity index (χ1v) is 36.8. The highest BCUT2D eigenvalue weighted by Gasteiger charge is 2.63. The molecule has 0 saturated carbocycles. The van der Waals surface area contributed by atoms with Crippen molar-refractivity contribution >= 4 is 49.4 Å². The van der Waals surface area contributed by atoms with Gasteiger partial charge in [-0.15, -0.1) is 0 Å². The van der Waals surface area contributed by atoms with Crippen LogP contribution in [0.3, 0.4) is 0 Å². The average Bonchev–Trinajstić information content (AvgIpc) is 1.80. The molecule has 6 rings (SSSR count). The summed E-state index contributed by atoms with van der Waals surface area (Å²) in [5.41, 5.74) is 6.20. The Kier molecular flexibility index (Phi) is 34.1. The zero-order valence-electron chi connectivity index (χ0n) is 62.1. The number of ketones is 1. The molecule has 5 fully saturated rings. The number of amides is 4. The van der Waals surface area contributed by atoms with Gasteiger partial charge >= 0.3 is 25.9 Å². The van der Waals surface area contributed by atoms with Gasteiger partial charge < -0.3 is 145 Å². The van der Waals surface area contributed by atoms with E-state index in [1.807, 2.05) is 6.08 Å². The van der Waals surface area contributed by atoms with E-state index in [1.54, 1.807) is 13.0 Å². The number of carbonyl (C=O) groups excluding carboxylic acids is 5. The maximum Gasteiger partial charge on any atom is 0.474 e. The van der Waals surface area contributed by atoms with Crippen LogP contribution in [-0.2, 0) is 94.5 Å². The second-order valence-electron chi connectivity index (χ2n) is 28.8. The fraction of sp³-hybridized carbons (Fsp3) is 0.725. The summed E-state index contributed by atoms with van der Waals surface area (Å²) in [5.74, 6) is -8.21. The Morgan fingerprint density at radius 1 is 0.716 bits per heavy atom. The van der Waals surface area contributed by atoms with Gasteiger partial charge in [0.1, 0.15) is 102 Å². The number of allylic oxidation sites excluding steroid dienone is 10. The molecule has 5 heterocycles. The number of carboxylic acid groups (broad SMARTS) is 2. The quantitative estimate of drug-likeness (QED) is 0.0250. The molecule has 0 aromatic carbocycles. The Balaban J connectivity index is 1.25. The molecule has 40 heteroatoms. The van der Waals surface area contributed by atoms with E-state index in [1.165, 1.54) is 18.1 Å². The number of aliphatic hydroxyl groups is 11. The number of primary amides is 1. The minimum Gasteiger partial charge on any atom is -0.510 e. The van der Waals surface area contributed by atoms with E-state index in [9.17, 15) is 109 Å². The lowest BCUT2D eigenvalue weighted by molar-refractivity contribution is -0.375. The highest BCUT2D eigenvalue weighted by molar-refractivity contribution is 7.47. The van der Waals surface area contributed by atoms with E-state index >= 15 is 0 Å². The zero-order valence-corrected chi connectivity index (χ0v) is 63.0. The van der Waals surface area contributed by atoms with Crippen LogP contribution < -0.4 is 21.7 Å². The predicted octanol–water partition coefficient (Wildman–Crippen LogP) is -1.43. The van der Waals surface area contributed by atoms with Gasteiger partial charge in [-0.05, 0) is 91.9 Å². The molecule has 1 unspecified atom stereocenters. The van der Waals surface area contributed by atoms with E-state index in [2.05, 4.69) is 75.4 Å². The van der Waals surface area contributed by atoms with Gasteiger partial charge in [-0.3, -0.25) is 28.2 Å². The molecule has 1 aliphatic carbocycles. The minimum atomic E-state index is -5.89. The number of hydrogen-bond donors (Lipinski definition) is 18. The number of phosphoric acid groups is 1. The van der Waals surface area contributed by atoms with Crippen LogP contribution in [0.5, 0.6) is 0 Å². The monoisotopic (exact) mass is 1580 g/mol. The van der Waals surface area contributed by atoms with Crippen molar-refractivity contribution < 1.29 is 171 Å². The summed E-state index contributed by atoms with van der Waals surface area (Å²) < 4.78 is 88.5. The van der Waals surface area contributed by atoms with Gasteiger partial charge in [0.25, 0.3) is 5.91 Å². The van der Waals surface area contributed by atoms with Crippen LogP contribution in [0.15, 0.2) is 70.7 Å². The van der Waals surface area contributed by atoms with Crippen molar-refractivity contribution in [1.82, 2.24) is 16.0 Å². The van der Waals surface area contributed by atoms with Crippen LogP contribution in [0.2, 0.25) is 0 Å². The molecule has 5 saturated heterocycles. The molecule has 6 aliphatic rings. The molecule has 618 valence electrons. The smallest absolute Gasteiger partial charge is 0.474 e. The molecule has 109 heavy (non-hydrogen) atoms. The number of ether oxygens (including phenoxy) is 11. The number of carboxylic acids is 2. The van der Waals surface area contributed by atoms with Gasteiger partial charge in [-0.1, -0.05) is 73.1 Å². The van der Waals surface area contributed by atoms with Crippen molar-refractivity contribution in [1.29, 1.82) is 0 Å². The lowest BCUT2D eigenvalue weighted by Crippen LogP contribution is -2.72. The summed E-state index contributed by atoms with van der Waals surface area (Å²) >= 11 is 0. The van der Waals surface area contributed by atoms with Crippen LogP contribution in [0.1, 0.15) is 127 Å². The Bertz CT molecular complexity index is 3360. The fourth-order valence-corrected chi connectivity index (χ4v) is 13.4. The minimum absolute atomic E-state index is 0.131. The zero-order chi connectivity index (χ0) is 81.5. The average molecular weight is 1580 g/mol. The molecule has 19 N–H and O–H groups in total. The number of nitrogens with two attached hydrogens (primary N) is 1. The first kappa shape index (κ1) is 91.7. The van der Waals surface area contributed by atoms with Gasteiger partial charge in [-0.2, -0.15) is 0 Å². The molecule has 4 amide bonds. The third-order valence-electron chi connectivity index (χ3n) is 18.9. The number of Topliss-reactive ketones (excluding diaryl/α,β-unsaturated/α-hetero) is 1. The number of aliphatic carboxylic acids is 2. The molecule has 39 nitrogen and oxygen atoms in total. The van der Waals surface area contributed by atoms with Gasteiger partial charge in [0.15, 0.2) is 67.8 Å². The fourth-order valence-electron chi connectivity index (χ4n) is 12.6. The molecule has 5 aliphatic heterocycles. The van der Waals surface area contributed by atoms with Crippen LogP contribution in [-0.4, -0.2) is 298 Å². The molecule has 0 aromatic heterocycles. The number of carbonyl (C=O) groups is 7. The Hall–Kier alpha value is -6.16. The number of phosphoric ester groups is 1. The predicted molar refractivity (Wildman–Crippen MR) is 370 cm³/mol. The number of nitrogens with one attached hydrogen (secondary N) is 3. The second-order valence-corrected chi connectivity index (χ2v) is 30.2. The SMILES string of the molecule is C=C(C/C=C(\C)CCC=C(C)C)CCC(C)(C)/C=C\CC/C(C)=C\CO[C@@H](COP(=O)(O)O[C@H]1O[C@H](C(=O)O)[C@@](C)(O)[C@H](OC(N)=O)[C@H]1O[C@@H]1O[C@H](CO[C@@H]2O[C@H](CO)[C@@H](O)[C@H](O)[C@H]2O)[C@@H](O[C@@H]2O[C@H](C)[C@@H](O[C@@H]3O[C@H](C(=O)NC4=C(O)CCC4=O)[C@H](O)[C@H](O)[C@H]3O)[C@H](O)[C@H]2NC(C)=O)[C@H](O)[C@H]1NC(C)=O)C(=O)O. The maximum absolute atomic E-state index is 14.1. The van der Waals surface area contributed by atoms with Crippen molar-refractivity contribution in [2.24, 2.45) is 11.1 Å². The van der Waals surface area contributed by atoms with Crippen molar-refractivity contribution in [2.45, 2.75) is 286 Å². The van der Waals surface area contributed by atoms with Crippen LogP contribution >= 0.6 is 7.82 Å². The molecule has 27 atom stereocenters. The molecular weight excluding hydrogens is 1480 g/mol. The lowest BCUT2D eigenvalue weighted by Gasteiger charge is -2.51. The topological polar surface area (TPSA) is 602 Å². The number of rotatable bonds is 37. The molecule has 0 radical (unpaired) electrons. The third-order valence-corrected chi connectivity index (χ3v) is 19.8. The number of aliphatic hydroxyl groups excluding tert-OH is 10. The van der Waals surface area contributed by atoms with E-state index in [0.717, 1.165) is 57.1 Å². The van der Waals surface area contributed by atoms with Crippen molar-refractivity contribution in [3.05, 3.63) is 70.7 Å². The summed E-state index contributed by atoms with van der Waals surface area (Å²) in [6.07, 6.45) is -36.2. The highest BCUT2D eigenvalue weighted by Crippen LogP contribution is 2.49. The van der Waals surface area contributed by atoms with E-state index < -0.39 is 240 Å². The summed E-state index contributed by atoms with van der Waals surface area (Å²) in [6.45, 7) is 16.6. The van der Waals surface area contributed by atoms with Crippen molar-refractivity contribution in [3.63, 3.8) is 0 Å². The van der Waals surface area contributed by atoms with E-state index in [-0.39, 0.29) is 24.9 Å². The first-order chi connectivity index (χ1) is 50.9. The second kappa shape index (κ2) is 40.5. The van der Waals surface area contributed by atoms with Gasteiger partial charge in [0.2, 0.25) is 11.8 Å². The van der Waals surface area contributed by atoms with Crippen LogP contribution in [0.4, 0.5) is 4.79 Å². The number of hydrogen-bond acceptors (Lipinski definition) is 32. The largest absolute Gasteiger partial charge is 0.510 e. The molecular formula is C69H107N4O35P. The van der Waals surface area contributed by atoms with Crippen LogP contribution in [0.25, 0.3) is 0 Å². The van der Waals surface area contributed by atoms with E-state index in [4.69, 9.17) is 66.9 Å². The summed E-state index contributed by atoms with van der Waals surface area (Å²) in [7, 11) is -5.89. The lowest BCUT2D eigenvalue weighted by atomic mass is 9.85. The van der Waals surface area contributed by atoms with Crippen LogP contribution in [0, 0.1) is 5.41 Å². The standard InChI is InChI=1S/C69H107N4O35P/c1-30(2)15-14-17-31(3)18-19-33(5)22-25-68(9,10)24-13-12-16-32(4)23-26-96-41(60(88)89)29-98-109(94,95)108-66-56(57(107-67(70)92)69(11,93)58(106-66)61(90)91)105-63-44(72-36(8)76)47(81)54(40(101-63)28-97-64-51(85)48(82)45(79)39(27-74)100-64)103-62-43(71-35(7)75)46(80)53(34(6)99-62)102-65-52(86)49(83)50(84)55(104-65)59(87)73-42-37(77)20-21-38(42)78/h13,15,18,23-24,34,39-41,43-58,62-66,74,77,79-86,93H,5,12,14,16-17,19-22,25-29H2,1-4,6-11H3,(H2,70,92)(H,71,75)(H,72,76)(H,73,87)(H,88,89)(H,90,91)(H,94,95)/b24-13-,31-18+,32-23-/t34-,39-,40-,41+,43-,44-,45-,46-,47-,48+,49+,50-,51-,52-,53-,54-,55+,56-,57-,58-,62+,63+,64-,65-,66-,69+/m1/s1. The van der Waals surface area contributed by atoms with E-state index in [0.29, 0.717) is 19.8 Å². The highest BCUT2D eigenvalue weighted by atomic mass is 31.2. The Morgan fingerprint density at radius 3 is 1.88 bits per heavy atom. The Morgan fingerprint density at radius 2 is 1.29 bits per heavy atom. The third kappa shape index (κ3) is 25.4.